The lowest BCUT2D eigenvalue weighted by molar-refractivity contribution is 0.0142. The summed E-state index contributed by atoms with van der Waals surface area (Å²) in [6.07, 6.45) is 0. The first-order valence-corrected chi connectivity index (χ1v) is 6.96. The number of aliphatic hydroxyl groups is 1. The molecule has 1 unspecified atom stereocenters. The van der Waals surface area contributed by atoms with Gasteiger partial charge in [-0.2, -0.15) is 0 Å². The van der Waals surface area contributed by atoms with Crippen LogP contribution in [0.2, 0.25) is 0 Å². The van der Waals surface area contributed by atoms with Crippen LogP contribution in [0.5, 0.6) is 0 Å². The molecule has 1 aromatic carbocycles. The molecule has 0 heterocycles. The number of benzene rings is 1. The molecule has 20 heavy (non-hydrogen) atoms. The van der Waals surface area contributed by atoms with E-state index in [1.807, 2.05) is 52.2 Å². The SMILES string of the molecule is CC(C)C(C)(O)CNC(=O)c1ccc(CN(C)C)cc1. The molecular weight excluding hydrogens is 252 g/mol. The highest BCUT2D eigenvalue weighted by molar-refractivity contribution is 5.94. The van der Waals surface area contributed by atoms with Crippen LogP contribution < -0.4 is 5.32 Å². The number of hydrogen-bond donors (Lipinski definition) is 2. The number of nitrogens with zero attached hydrogens (tertiary/aromatic N) is 1. The van der Waals surface area contributed by atoms with E-state index in [1.54, 1.807) is 6.92 Å². The summed E-state index contributed by atoms with van der Waals surface area (Å²) >= 11 is 0. The molecule has 0 bridgehead atoms. The first-order valence-electron chi connectivity index (χ1n) is 6.96. The molecule has 112 valence electrons. The zero-order valence-corrected chi connectivity index (χ0v) is 13.1. The smallest absolute Gasteiger partial charge is 0.251 e. The van der Waals surface area contributed by atoms with Gasteiger partial charge in [-0.25, -0.2) is 0 Å². The van der Waals surface area contributed by atoms with Gasteiger partial charge in [-0.1, -0.05) is 26.0 Å². The van der Waals surface area contributed by atoms with Crippen LogP contribution >= 0.6 is 0 Å². The van der Waals surface area contributed by atoms with E-state index in [1.165, 1.54) is 5.56 Å². The van der Waals surface area contributed by atoms with Gasteiger partial charge < -0.3 is 15.3 Å². The van der Waals surface area contributed by atoms with E-state index in [2.05, 4.69) is 10.2 Å². The Hall–Kier alpha value is -1.39. The second-order valence-corrected chi connectivity index (χ2v) is 6.13. The van der Waals surface area contributed by atoms with E-state index < -0.39 is 5.60 Å². The van der Waals surface area contributed by atoms with E-state index in [4.69, 9.17) is 0 Å². The molecule has 4 heteroatoms. The van der Waals surface area contributed by atoms with E-state index in [0.29, 0.717) is 5.56 Å². The van der Waals surface area contributed by atoms with Gasteiger partial charge in [-0.05, 0) is 44.6 Å². The summed E-state index contributed by atoms with van der Waals surface area (Å²) < 4.78 is 0. The molecule has 0 spiro atoms. The largest absolute Gasteiger partial charge is 0.388 e. The summed E-state index contributed by atoms with van der Waals surface area (Å²) in [6.45, 7) is 6.70. The fourth-order valence-electron chi connectivity index (χ4n) is 1.69. The molecule has 1 atom stereocenters. The third-order valence-corrected chi connectivity index (χ3v) is 3.57. The molecular formula is C16H26N2O2. The highest BCUT2D eigenvalue weighted by Crippen LogP contribution is 2.15. The maximum absolute atomic E-state index is 12.0. The third kappa shape index (κ3) is 4.94. The van der Waals surface area contributed by atoms with Crippen molar-refractivity contribution in [1.82, 2.24) is 10.2 Å². The monoisotopic (exact) mass is 278 g/mol. The molecule has 0 aliphatic carbocycles. The van der Waals surface area contributed by atoms with Crippen molar-refractivity contribution in [1.29, 1.82) is 0 Å². The van der Waals surface area contributed by atoms with Crippen molar-refractivity contribution >= 4 is 5.91 Å². The van der Waals surface area contributed by atoms with Gasteiger partial charge in [0.2, 0.25) is 0 Å². The van der Waals surface area contributed by atoms with Crippen molar-refractivity contribution in [2.45, 2.75) is 32.9 Å². The van der Waals surface area contributed by atoms with Gasteiger partial charge in [-0.3, -0.25) is 4.79 Å². The molecule has 1 aromatic rings. The van der Waals surface area contributed by atoms with Gasteiger partial charge in [0.1, 0.15) is 0 Å². The Kier molecular flexibility index (Phi) is 5.72. The van der Waals surface area contributed by atoms with Crippen LogP contribution in [0.3, 0.4) is 0 Å². The molecule has 1 rings (SSSR count). The van der Waals surface area contributed by atoms with Crippen molar-refractivity contribution in [2.24, 2.45) is 5.92 Å². The van der Waals surface area contributed by atoms with Gasteiger partial charge in [0.15, 0.2) is 0 Å². The predicted molar refractivity (Wildman–Crippen MR) is 81.6 cm³/mol. The first kappa shape index (κ1) is 16.7. The minimum atomic E-state index is -0.888. The Morgan fingerprint density at radius 2 is 1.85 bits per heavy atom. The summed E-state index contributed by atoms with van der Waals surface area (Å²) in [7, 11) is 4.02. The molecule has 0 saturated carbocycles. The zero-order valence-electron chi connectivity index (χ0n) is 13.1. The maximum Gasteiger partial charge on any atom is 0.251 e. The maximum atomic E-state index is 12.0. The minimum absolute atomic E-state index is 0.0882. The molecule has 0 radical (unpaired) electrons. The van der Waals surface area contributed by atoms with E-state index >= 15 is 0 Å². The number of amides is 1. The Balaban J connectivity index is 2.60. The molecule has 0 aliphatic rings. The Morgan fingerprint density at radius 1 is 1.30 bits per heavy atom. The standard InChI is InChI=1S/C16H26N2O2/c1-12(2)16(3,20)11-17-15(19)14-8-6-13(7-9-14)10-18(4)5/h6-9,12,20H,10-11H2,1-5H3,(H,17,19). The average Bonchev–Trinajstić information content (AvgIpc) is 2.36. The Labute approximate surface area is 121 Å². The number of rotatable bonds is 6. The molecule has 2 N–H and O–H groups in total. The van der Waals surface area contributed by atoms with E-state index in [-0.39, 0.29) is 18.4 Å². The van der Waals surface area contributed by atoms with Crippen molar-refractivity contribution in [3.8, 4) is 0 Å². The lowest BCUT2D eigenvalue weighted by atomic mass is 9.92. The fourth-order valence-corrected chi connectivity index (χ4v) is 1.69. The van der Waals surface area contributed by atoms with Gasteiger partial charge >= 0.3 is 0 Å². The van der Waals surface area contributed by atoms with Gasteiger partial charge in [0, 0.05) is 18.7 Å². The van der Waals surface area contributed by atoms with E-state index in [9.17, 15) is 9.90 Å². The molecule has 0 aromatic heterocycles. The van der Waals surface area contributed by atoms with Crippen molar-refractivity contribution in [3.63, 3.8) is 0 Å². The van der Waals surface area contributed by atoms with Crippen LogP contribution in [0, 0.1) is 5.92 Å². The number of carbonyl (C=O) groups is 1. The Bertz CT molecular complexity index is 436. The summed E-state index contributed by atoms with van der Waals surface area (Å²) in [5, 5.41) is 12.9. The molecule has 0 fully saturated rings. The summed E-state index contributed by atoms with van der Waals surface area (Å²) in [4.78, 5) is 14.1. The topological polar surface area (TPSA) is 52.6 Å². The van der Waals surface area contributed by atoms with Crippen LogP contribution in [0.15, 0.2) is 24.3 Å². The van der Waals surface area contributed by atoms with Crippen molar-refractivity contribution < 1.29 is 9.90 Å². The highest BCUT2D eigenvalue weighted by Gasteiger charge is 2.25. The Morgan fingerprint density at radius 3 is 2.30 bits per heavy atom. The number of hydrogen-bond acceptors (Lipinski definition) is 3. The van der Waals surface area contributed by atoms with Crippen LogP contribution in [0.25, 0.3) is 0 Å². The van der Waals surface area contributed by atoms with Crippen LogP contribution in [-0.2, 0) is 6.54 Å². The summed E-state index contributed by atoms with van der Waals surface area (Å²) in [5.74, 6) is -0.0624. The third-order valence-electron chi connectivity index (χ3n) is 3.57. The number of carbonyl (C=O) groups excluding carboxylic acids is 1. The molecule has 1 amide bonds. The second-order valence-electron chi connectivity index (χ2n) is 6.13. The highest BCUT2D eigenvalue weighted by atomic mass is 16.3. The minimum Gasteiger partial charge on any atom is -0.388 e. The average molecular weight is 278 g/mol. The summed E-state index contributed by atoms with van der Waals surface area (Å²) in [5.41, 5.74) is 0.897. The normalized spacial score (nSPS) is 14.4. The van der Waals surface area contributed by atoms with Crippen LogP contribution in [0.4, 0.5) is 0 Å². The fraction of sp³-hybridized carbons (Fsp3) is 0.562. The number of nitrogens with one attached hydrogen (secondary N) is 1. The van der Waals surface area contributed by atoms with Crippen LogP contribution in [0.1, 0.15) is 36.7 Å². The predicted octanol–water partition coefficient (Wildman–Crippen LogP) is 1.89. The lowest BCUT2D eigenvalue weighted by Crippen LogP contribution is -2.44. The lowest BCUT2D eigenvalue weighted by Gasteiger charge is -2.27. The second kappa shape index (κ2) is 6.86. The first-order chi connectivity index (χ1) is 9.22. The van der Waals surface area contributed by atoms with Gasteiger partial charge in [0.25, 0.3) is 5.91 Å². The van der Waals surface area contributed by atoms with E-state index in [0.717, 1.165) is 6.54 Å². The zero-order chi connectivity index (χ0) is 15.3. The molecule has 0 saturated heterocycles. The molecule has 0 aliphatic heterocycles. The summed E-state index contributed by atoms with van der Waals surface area (Å²) in [6, 6.07) is 7.54. The molecule has 4 nitrogen and oxygen atoms in total. The van der Waals surface area contributed by atoms with Crippen molar-refractivity contribution in [3.05, 3.63) is 35.4 Å². The quantitative estimate of drug-likeness (QED) is 0.835. The van der Waals surface area contributed by atoms with Gasteiger partial charge in [0.05, 0.1) is 5.60 Å². The van der Waals surface area contributed by atoms with Gasteiger partial charge in [-0.15, -0.1) is 0 Å². The van der Waals surface area contributed by atoms with Crippen molar-refractivity contribution in [2.75, 3.05) is 20.6 Å². The van der Waals surface area contributed by atoms with Crippen LogP contribution in [-0.4, -0.2) is 42.2 Å².